The summed E-state index contributed by atoms with van der Waals surface area (Å²) in [5.74, 6) is -0.535. The van der Waals surface area contributed by atoms with Crippen LogP contribution in [0.4, 0.5) is 0 Å². The fraction of sp³-hybridized carbons (Fsp3) is 0.111. The van der Waals surface area contributed by atoms with Gasteiger partial charge in [-0.3, -0.25) is 14.3 Å². The van der Waals surface area contributed by atoms with Crippen LogP contribution < -0.4 is 11.2 Å². The van der Waals surface area contributed by atoms with Crippen LogP contribution in [0.3, 0.4) is 0 Å². The second-order valence-electron chi connectivity index (χ2n) is 5.66. The molecule has 7 nitrogen and oxygen atoms in total. The highest BCUT2D eigenvalue weighted by molar-refractivity contribution is 7.20. The van der Waals surface area contributed by atoms with E-state index in [0.717, 1.165) is 21.5 Å². The summed E-state index contributed by atoms with van der Waals surface area (Å²) in [5.41, 5.74) is -0.123. The molecule has 0 aliphatic rings. The molecule has 4 aromatic rings. The highest BCUT2D eigenvalue weighted by atomic mass is 32.1. The monoisotopic (exact) mass is 399 g/mol. The first-order valence-corrected chi connectivity index (χ1v) is 9.67. The van der Waals surface area contributed by atoms with E-state index in [1.54, 1.807) is 11.6 Å². The molecule has 0 spiro atoms. The van der Waals surface area contributed by atoms with E-state index in [9.17, 15) is 14.4 Å². The zero-order chi connectivity index (χ0) is 18.8. The Morgan fingerprint density at radius 3 is 2.78 bits per heavy atom. The van der Waals surface area contributed by atoms with E-state index in [0.29, 0.717) is 9.84 Å². The summed E-state index contributed by atoms with van der Waals surface area (Å²) in [7, 11) is 0. The number of esters is 1. The molecule has 4 rings (SSSR count). The molecule has 0 fully saturated rings. The normalized spacial score (nSPS) is 11.0. The third kappa shape index (κ3) is 3.60. The molecule has 0 saturated heterocycles. The van der Waals surface area contributed by atoms with E-state index in [2.05, 4.69) is 9.97 Å². The first kappa shape index (κ1) is 17.4. The Morgan fingerprint density at radius 2 is 2.04 bits per heavy atom. The van der Waals surface area contributed by atoms with Crippen LogP contribution in [0.2, 0.25) is 0 Å². The number of nitrogens with zero attached hydrogens (tertiary/aromatic N) is 2. The van der Waals surface area contributed by atoms with Crippen molar-refractivity contribution in [2.75, 3.05) is 0 Å². The summed E-state index contributed by atoms with van der Waals surface area (Å²) >= 11 is 2.39. The smallest absolute Gasteiger partial charge is 0.348 e. The largest absolute Gasteiger partial charge is 0.457 e. The van der Waals surface area contributed by atoms with Gasteiger partial charge in [-0.2, -0.15) is 0 Å². The maximum Gasteiger partial charge on any atom is 0.348 e. The van der Waals surface area contributed by atoms with Crippen molar-refractivity contribution in [3.8, 4) is 0 Å². The molecule has 0 saturated carbocycles. The van der Waals surface area contributed by atoms with Gasteiger partial charge in [0.2, 0.25) is 0 Å². The van der Waals surface area contributed by atoms with Crippen molar-refractivity contribution in [1.82, 2.24) is 14.5 Å². The first-order chi connectivity index (χ1) is 13.1. The van der Waals surface area contributed by atoms with Crippen LogP contribution in [-0.2, 0) is 17.9 Å². The van der Waals surface area contributed by atoms with Crippen molar-refractivity contribution >= 4 is 38.9 Å². The van der Waals surface area contributed by atoms with E-state index in [-0.39, 0.29) is 23.4 Å². The Hall–Kier alpha value is -3.04. The summed E-state index contributed by atoms with van der Waals surface area (Å²) in [6.07, 6.45) is 1.61. The number of carbonyl (C=O) groups is 1. The Kier molecular flexibility index (Phi) is 4.69. The van der Waals surface area contributed by atoms with Crippen LogP contribution in [0.5, 0.6) is 0 Å². The molecule has 27 heavy (non-hydrogen) atoms. The van der Waals surface area contributed by atoms with Gasteiger partial charge in [0.15, 0.2) is 0 Å². The first-order valence-electron chi connectivity index (χ1n) is 7.98. The Labute approximate surface area is 160 Å². The maximum absolute atomic E-state index is 12.7. The van der Waals surface area contributed by atoms with Crippen molar-refractivity contribution in [2.45, 2.75) is 13.2 Å². The SMILES string of the molecule is O=C(OCc1ccccc1)c1cc2c(=O)n(Cc3nccs3)c(=O)[nH]c2s1. The summed E-state index contributed by atoms with van der Waals surface area (Å²) in [6, 6.07) is 10.8. The van der Waals surface area contributed by atoms with Gasteiger partial charge in [0.25, 0.3) is 5.56 Å². The van der Waals surface area contributed by atoms with Gasteiger partial charge in [-0.1, -0.05) is 30.3 Å². The van der Waals surface area contributed by atoms with Gasteiger partial charge in [-0.15, -0.1) is 22.7 Å². The van der Waals surface area contributed by atoms with Crippen molar-refractivity contribution in [3.05, 3.63) is 84.3 Å². The second kappa shape index (κ2) is 7.29. The Bertz CT molecular complexity index is 1210. The molecule has 0 unspecified atom stereocenters. The number of hydrogen-bond donors (Lipinski definition) is 1. The number of hydrogen-bond acceptors (Lipinski definition) is 7. The van der Waals surface area contributed by atoms with Crippen LogP contribution in [-0.4, -0.2) is 20.5 Å². The molecule has 3 aromatic heterocycles. The second-order valence-corrected chi connectivity index (χ2v) is 7.69. The Balaban J connectivity index is 1.62. The number of benzene rings is 1. The van der Waals surface area contributed by atoms with Gasteiger partial charge in [-0.05, 0) is 11.6 Å². The van der Waals surface area contributed by atoms with Crippen LogP contribution in [0.25, 0.3) is 10.2 Å². The molecular formula is C18H13N3O4S2. The quantitative estimate of drug-likeness (QED) is 0.521. The lowest BCUT2D eigenvalue weighted by atomic mass is 10.2. The molecule has 1 aromatic carbocycles. The van der Waals surface area contributed by atoms with Gasteiger partial charge in [-0.25, -0.2) is 14.6 Å². The summed E-state index contributed by atoms with van der Waals surface area (Å²) in [4.78, 5) is 44.6. The molecule has 0 bridgehead atoms. The lowest BCUT2D eigenvalue weighted by Gasteiger charge is -2.02. The van der Waals surface area contributed by atoms with Crippen LogP contribution >= 0.6 is 22.7 Å². The molecule has 0 atom stereocenters. The van der Waals surface area contributed by atoms with Crippen LogP contribution in [0.15, 0.2) is 57.6 Å². The zero-order valence-electron chi connectivity index (χ0n) is 13.9. The van der Waals surface area contributed by atoms with E-state index >= 15 is 0 Å². The maximum atomic E-state index is 12.7. The number of H-pyrrole nitrogens is 1. The average Bonchev–Trinajstić information content (AvgIpc) is 3.34. The molecule has 0 amide bonds. The van der Waals surface area contributed by atoms with Crippen molar-refractivity contribution in [1.29, 1.82) is 0 Å². The number of aromatic nitrogens is 3. The van der Waals surface area contributed by atoms with Crippen molar-refractivity contribution in [2.24, 2.45) is 0 Å². The summed E-state index contributed by atoms with van der Waals surface area (Å²) in [6.45, 7) is 0.226. The lowest BCUT2D eigenvalue weighted by Crippen LogP contribution is -2.34. The molecule has 9 heteroatoms. The van der Waals surface area contributed by atoms with E-state index < -0.39 is 17.2 Å². The summed E-state index contributed by atoms with van der Waals surface area (Å²) < 4.78 is 6.37. The van der Waals surface area contributed by atoms with Gasteiger partial charge in [0, 0.05) is 11.6 Å². The molecule has 0 radical (unpaired) electrons. The molecule has 0 aliphatic heterocycles. The van der Waals surface area contributed by atoms with E-state index in [1.807, 2.05) is 30.3 Å². The number of nitrogens with one attached hydrogen (secondary N) is 1. The van der Waals surface area contributed by atoms with E-state index in [4.69, 9.17) is 4.74 Å². The fourth-order valence-corrected chi connectivity index (χ4v) is 4.09. The minimum atomic E-state index is -0.535. The van der Waals surface area contributed by atoms with Gasteiger partial charge >= 0.3 is 11.7 Å². The molecule has 0 aliphatic carbocycles. The standard InChI is InChI=1S/C18H13N3O4S2/c22-16-12-8-13(17(23)25-10-11-4-2-1-3-5-11)27-15(12)20-18(24)21(16)9-14-19-6-7-26-14/h1-8H,9-10H2,(H,20,24). The lowest BCUT2D eigenvalue weighted by molar-refractivity contribution is 0.0478. The number of rotatable bonds is 5. The molecular weight excluding hydrogens is 386 g/mol. The highest BCUT2D eigenvalue weighted by Crippen LogP contribution is 2.21. The van der Waals surface area contributed by atoms with Crippen molar-refractivity contribution in [3.63, 3.8) is 0 Å². The fourth-order valence-electron chi connectivity index (χ4n) is 2.55. The number of fused-ring (bicyclic) bond motifs is 1. The van der Waals surface area contributed by atoms with Crippen molar-refractivity contribution < 1.29 is 9.53 Å². The predicted octanol–water partition coefficient (Wildman–Crippen LogP) is 2.61. The van der Waals surface area contributed by atoms with Crippen LogP contribution in [0.1, 0.15) is 20.2 Å². The minimum Gasteiger partial charge on any atom is -0.457 e. The van der Waals surface area contributed by atoms with Gasteiger partial charge in [0.1, 0.15) is 21.3 Å². The third-order valence-corrected chi connectivity index (χ3v) is 5.66. The molecule has 136 valence electrons. The van der Waals surface area contributed by atoms with Crippen LogP contribution in [0, 0.1) is 0 Å². The number of carbonyl (C=O) groups excluding carboxylic acids is 1. The highest BCUT2D eigenvalue weighted by Gasteiger charge is 2.17. The predicted molar refractivity (Wildman–Crippen MR) is 103 cm³/mol. The third-order valence-electron chi connectivity index (χ3n) is 3.86. The average molecular weight is 399 g/mol. The topological polar surface area (TPSA) is 94.1 Å². The minimum absolute atomic E-state index is 0.0887. The molecule has 3 heterocycles. The molecule has 1 N–H and O–H groups in total. The zero-order valence-corrected chi connectivity index (χ0v) is 15.5. The number of thiazole rings is 1. The van der Waals surface area contributed by atoms with Gasteiger partial charge < -0.3 is 4.74 Å². The number of thiophene rings is 1. The number of ether oxygens (including phenoxy) is 1. The summed E-state index contributed by atoms with van der Waals surface area (Å²) in [5, 5.41) is 2.71. The van der Waals surface area contributed by atoms with Gasteiger partial charge in [0.05, 0.1) is 11.9 Å². The van der Waals surface area contributed by atoms with E-state index in [1.165, 1.54) is 17.4 Å². The Morgan fingerprint density at radius 1 is 1.22 bits per heavy atom. The number of aromatic amines is 1.